The number of H-pyrrole nitrogens is 1. The SMILES string of the molecule is O=C1CNC2C(CCC(c3cnc([C@@H]4CC[C@@H]5CC(c6cc(Cl)ccc6-n6cc(C(F)(F)F)nn6)=CC(=O)N54)[nH]3)C2F)N1. The fourth-order valence-electron chi connectivity index (χ4n) is 6.98. The van der Waals surface area contributed by atoms with Crippen molar-refractivity contribution in [2.45, 2.75) is 74.5 Å². The van der Waals surface area contributed by atoms with Gasteiger partial charge in [0.05, 0.1) is 30.5 Å². The zero-order valence-corrected chi connectivity index (χ0v) is 23.4. The molecule has 2 saturated heterocycles. The summed E-state index contributed by atoms with van der Waals surface area (Å²) < 4.78 is 56.1. The summed E-state index contributed by atoms with van der Waals surface area (Å²) in [5.74, 6) is -0.206. The van der Waals surface area contributed by atoms with Crippen LogP contribution in [0.25, 0.3) is 11.3 Å². The standard InChI is InChI=1S/C28H27ClF4N8O2/c29-14-1-5-20(40-12-22(38-39-40)28(31,32)33)17(9-14)13-7-15-2-6-21(41(15)24(43)8-13)27-35-10-19(37-27)16-3-4-18-26(25(16)30)34-11-23(42)36-18/h1,5,8-10,12,15-16,18,21,25-26,34H,2-4,6-7,11H2,(H,35,37)(H,36,42)/t15-,16?,18?,21+,25?,26?/m1/s1. The van der Waals surface area contributed by atoms with Crippen LogP contribution in [0.1, 0.15) is 66.8 Å². The van der Waals surface area contributed by atoms with E-state index in [2.05, 4.69) is 30.9 Å². The number of amides is 2. The van der Waals surface area contributed by atoms with Gasteiger partial charge >= 0.3 is 6.18 Å². The third-order valence-electron chi connectivity index (χ3n) is 8.97. The second-order valence-corrected chi connectivity index (χ2v) is 11.9. The minimum Gasteiger partial charge on any atom is -0.351 e. The Labute approximate surface area is 247 Å². The van der Waals surface area contributed by atoms with E-state index in [4.69, 9.17) is 11.6 Å². The second kappa shape index (κ2) is 10.4. The summed E-state index contributed by atoms with van der Waals surface area (Å²) in [4.78, 5) is 34.9. The molecule has 0 radical (unpaired) electrons. The number of nitrogens with one attached hydrogen (secondary N) is 3. The second-order valence-electron chi connectivity index (χ2n) is 11.5. The molecule has 1 aliphatic carbocycles. The van der Waals surface area contributed by atoms with Crippen molar-refractivity contribution in [1.29, 1.82) is 0 Å². The first-order valence-corrected chi connectivity index (χ1v) is 14.5. The molecule has 5 heterocycles. The molecule has 6 atom stereocenters. The van der Waals surface area contributed by atoms with Crippen LogP contribution in [0.15, 0.2) is 36.7 Å². The topological polar surface area (TPSA) is 121 Å². The summed E-state index contributed by atoms with van der Waals surface area (Å²) in [6.07, 6.45) is 1.05. The van der Waals surface area contributed by atoms with Gasteiger partial charge in [0.2, 0.25) is 11.8 Å². The highest BCUT2D eigenvalue weighted by atomic mass is 35.5. The number of alkyl halides is 4. The van der Waals surface area contributed by atoms with Crippen LogP contribution >= 0.6 is 11.6 Å². The van der Waals surface area contributed by atoms with E-state index in [-0.39, 0.29) is 36.5 Å². The van der Waals surface area contributed by atoms with Crippen LogP contribution < -0.4 is 10.6 Å². The fourth-order valence-corrected chi connectivity index (χ4v) is 7.15. The maximum atomic E-state index is 15.6. The molecule has 15 heteroatoms. The van der Waals surface area contributed by atoms with Crippen molar-refractivity contribution in [3.63, 3.8) is 0 Å². The molecular weight excluding hydrogens is 592 g/mol. The number of aromatic amines is 1. The van der Waals surface area contributed by atoms with Gasteiger partial charge in [-0.25, -0.2) is 14.1 Å². The molecular formula is C28H27ClF4N8O2. The van der Waals surface area contributed by atoms with Crippen LogP contribution in [0.3, 0.4) is 0 Å². The predicted octanol–water partition coefficient (Wildman–Crippen LogP) is 3.85. The average molecular weight is 619 g/mol. The number of hydrogen-bond acceptors (Lipinski definition) is 6. The minimum absolute atomic E-state index is 0.0860. The Morgan fingerprint density at radius 1 is 1.09 bits per heavy atom. The summed E-state index contributed by atoms with van der Waals surface area (Å²) in [5.41, 5.74) is 1.00. The maximum Gasteiger partial charge on any atom is 0.436 e. The van der Waals surface area contributed by atoms with Crippen LogP contribution in [-0.2, 0) is 15.8 Å². The van der Waals surface area contributed by atoms with Crippen molar-refractivity contribution >= 4 is 29.0 Å². The van der Waals surface area contributed by atoms with Crippen molar-refractivity contribution in [3.05, 3.63) is 64.5 Å². The zero-order valence-electron chi connectivity index (χ0n) is 22.6. The van der Waals surface area contributed by atoms with Crippen LogP contribution in [-0.4, -0.2) is 72.5 Å². The number of imidazole rings is 1. The molecule has 0 bridgehead atoms. The lowest BCUT2D eigenvalue weighted by molar-refractivity contribution is -0.141. The van der Waals surface area contributed by atoms with E-state index in [1.807, 2.05) is 0 Å². The van der Waals surface area contributed by atoms with E-state index in [0.29, 0.717) is 65.5 Å². The smallest absolute Gasteiger partial charge is 0.351 e. The average Bonchev–Trinajstić information content (AvgIpc) is 3.73. The summed E-state index contributed by atoms with van der Waals surface area (Å²) in [6.45, 7) is 0.0860. The summed E-state index contributed by atoms with van der Waals surface area (Å²) in [6, 6.07) is 3.50. The lowest BCUT2D eigenvalue weighted by Crippen LogP contribution is -2.64. The number of carbonyl (C=O) groups is 2. The lowest BCUT2D eigenvalue weighted by atomic mass is 9.78. The molecule has 3 fully saturated rings. The quantitative estimate of drug-likeness (QED) is 0.382. The van der Waals surface area contributed by atoms with Gasteiger partial charge in [0.1, 0.15) is 12.0 Å². The van der Waals surface area contributed by atoms with Crippen molar-refractivity contribution < 1.29 is 27.2 Å². The van der Waals surface area contributed by atoms with Gasteiger partial charge < -0.3 is 20.5 Å². The Balaban J connectivity index is 1.12. The van der Waals surface area contributed by atoms with Crippen molar-refractivity contribution in [1.82, 2.24) is 40.5 Å². The van der Waals surface area contributed by atoms with E-state index >= 15 is 4.39 Å². The van der Waals surface area contributed by atoms with E-state index < -0.39 is 30.0 Å². The number of piperazine rings is 1. The molecule has 4 aliphatic rings. The van der Waals surface area contributed by atoms with Gasteiger partial charge in [0.25, 0.3) is 0 Å². The number of hydrogen-bond donors (Lipinski definition) is 3. The van der Waals surface area contributed by atoms with Gasteiger partial charge in [-0.3, -0.25) is 9.59 Å². The molecule has 3 aliphatic heterocycles. The molecule has 0 spiro atoms. The normalized spacial score (nSPS) is 29.2. The highest BCUT2D eigenvalue weighted by Crippen LogP contribution is 2.44. The molecule has 3 N–H and O–H groups in total. The Kier molecular flexibility index (Phi) is 6.80. The fraction of sp³-hybridized carbons (Fsp3) is 0.464. The zero-order chi connectivity index (χ0) is 30.0. The first kappa shape index (κ1) is 28.0. The van der Waals surface area contributed by atoms with Crippen LogP contribution in [0.2, 0.25) is 5.02 Å². The summed E-state index contributed by atoms with van der Waals surface area (Å²) in [7, 11) is 0. The molecule has 3 aromatic rings. The Morgan fingerprint density at radius 3 is 2.72 bits per heavy atom. The molecule has 2 amide bonds. The van der Waals surface area contributed by atoms with E-state index in [1.54, 1.807) is 29.3 Å². The number of benzene rings is 1. The molecule has 1 saturated carbocycles. The maximum absolute atomic E-state index is 15.6. The highest BCUT2D eigenvalue weighted by molar-refractivity contribution is 6.30. The largest absolute Gasteiger partial charge is 0.436 e. The summed E-state index contributed by atoms with van der Waals surface area (Å²) in [5, 5.41) is 13.2. The Morgan fingerprint density at radius 2 is 1.93 bits per heavy atom. The van der Waals surface area contributed by atoms with Gasteiger partial charge in [-0.1, -0.05) is 16.8 Å². The number of rotatable bonds is 4. The number of fused-ring (bicyclic) bond motifs is 2. The number of aromatic nitrogens is 5. The summed E-state index contributed by atoms with van der Waals surface area (Å²) >= 11 is 6.26. The van der Waals surface area contributed by atoms with Crippen LogP contribution in [0.5, 0.6) is 0 Å². The van der Waals surface area contributed by atoms with Gasteiger partial charge in [0.15, 0.2) is 5.69 Å². The number of halogens is 5. The van der Waals surface area contributed by atoms with Crippen LogP contribution in [0.4, 0.5) is 17.6 Å². The Bertz CT molecular complexity index is 1620. The van der Waals surface area contributed by atoms with Gasteiger partial charge in [0, 0.05) is 46.6 Å². The first-order chi connectivity index (χ1) is 20.6. The third kappa shape index (κ3) is 4.99. The van der Waals surface area contributed by atoms with Crippen molar-refractivity contribution in [2.24, 2.45) is 0 Å². The monoisotopic (exact) mass is 618 g/mol. The minimum atomic E-state index is -4.65. The molecule has 1 aromatic carbocycles. The molecule has 4 unspecified atom stereocenters. The van der Waals surface area contributed by atoms with Crippen LogP contribution in [0, 0.1) is 0 Å². The van der Waals surface area contributed by atoms with E-state index in [1.165, 1.54) is 6.08 Å². The van der Waals surface area contributed by atoms with E-state index in [9.17, 15) is 22.8 Å². The van der Waals surface area contributed by atoms with Crippen molar-refractivity contribution in [3.8, 4) is 5.69 Å². The molecule has 226 valence electrons. The lowest BCUT2D eigenvalue weighted by Gasteiger charge is -2.42. The molecule has 43 heavy (non-hydrogen) atoms. The third-order valence-corrected chi connectivity index (χ3v) is 9.21. The van der Waals surface area contributed by atoms with Gasteiger partial charge in [-0.2, -0.15) is 13.2 Å². The van der Waals surface area contributed by atoms with Gasteiger partial charge in [-0.15, -0.1) is 5.10 Å². The number of nitrogens with zero attached hydrogens (tertiary/aromatic N) is 5. The first-order valence-electron chi connectivity index (χ1n) is 14.1. The number of carbonyl (C=O) groups excluding carboxylic acids is 2. The molecule has 10 nitrogen and oxygen atoms in total. The Hall–Kier alpha value is -3.78. The highest BCUT2D eigenvalue weighted by Gasteiger charge is 2.45. The molecule has 7 rings (SSSR count). The molecule has 2 aromatic heterocycles. The predicted molar refractivity (Wildman–Crippen MR) is 146 cm³/mol. The van der Waals surface area contributed by atoms with E-state index in [0.717, 1.165) is 10.9 Å². The van der Waals surface area contributed by atoms with Crippen molar-refractivity contribution in [2.75, 3.05) is 6.54 Å². The van der Waals surface area contributed by atoms with Gasteiger partial charge in [-0.05, 0) is 55.9 Å².